The molecule has 2 fully saturated rings. The van der Waals surface area contributed by atoms with Gasteiger partial charge in [0.15, 0.2) is 5.16 Å². The molecule has 1 unspecified atom stereocenters. The first-order valence-electron chi connectivity index (χ1n) is 9.60. The molecule has 0 radical (unpaired) electrons. The van der Waals surface area contributed by atoms with Gasteiger partial charge >= 0.3 is 0 Å². The lowest BCUT2D eigenvalue weighted by Crippen LogP contribution is -2.31. The van der Waals surface area contributed by atoms with Crippen LogP contribution in [0.1, 0.15) is 68.1 Å². The van der Waals surface area contributed by atoms with E-state index in [2.05, 4.69) is 28.6 Å². The second-order valence-corrected chi connectivity index (χ2v) is 8.61. The predicted octanol–water partition coefficient (Wildman–Crippen LogP) is 4.19. The molecule has 138 valence electrons. The highest BCUT2D eigenvalue weighted by Gasteiger charge is 2.34. The van der Waals surface area contributed by atoms with Gasteiger partial charge < -0.3 is 9.47 Å². The topological polar surface area (TPSA) is 51.0 Å². The highest BCUT2D eigenvalue weighted by molar-refractivity contribution is 8.00. The lowest BCUT2D eigenvalue weighted by molar-refractivity contribution is -0.129. The Balaban J connectivity index is 1.66. The summed E-state index contributed by atoms with van der Waals surface area (Å²) in [5, 5.41) is 9.56. The van der Waals surface area contributed by atoms with E-state index in [4.69, 9.17) is 0 Å². The SMILES string of the molecule is CC(C)c1nnc(SC(C(=O)N2CCCC2)c2ccccc2)n1C1CC1. The summed E-state index contributed by atoms with van der Waals surface area (Å²) in [6.45, 7) is 6.05. The molecular weight excluding hydrogens is 344 g/mol. The van der Waals surface area contributed by atoms with Gasteiger partial charge in [-0.25, -0.2) is 0 Å². The van der Waals surface area contributed by atoms with Crippen molar-refractivity contribution in [1.29, 1.82) is 0 Å². The minimum absolute atomic E-state index is 0.204. The molecular formula is C20H26N4OS. The minimum Gasteiger partial charge on any atom is -0.341 e. The number of likely N-dealkylation sites (tertiary alicyclic amines) is 1. The van der Waals surface area contributed by atoms with Crippen LogP contribution in [0.25, 0.3) is 0 Å². The van der Waals surface area contributed by atoms with E-state index in [-0.39, 0.29) is 11.2 Å². The Hall–Kier alpha value is -1.82. The lowest BCUT2D eigenvalue weighted by Gasteiger charge is -2.23. The molecule has 5 nitrogen and oxygen atoms in total. The van der Waals surface area contributed by atoms with Gasteiger partial charge in [0.25, 0.3) is 0 Å². The maximum absolute atomic E-state index is 13.2. The van der Waals surface area contributed by atoms with Crippen molar-refractivity contribution in [1.82, 2.24) is 19.7 Å². The summed E-state index contributed by atoms with van der Waals surface area (Å²) in [4.78, 5) is 15.2. The number of hydrogen-bond acceptors (Lipinski definition) is 4. The molecule has 1 aliphatic heterocycles. The fourth-order valence-corrected chi connectivity index (χ4v) is 4.73. The fraction of sp³-hybridized carbons (Fsp3) is 0.550. The molecule has 0 spiro atoms. The number of aromatic nitrogens is 3. The van der Waals surface area contributed by atoms with Crippen molar-refractivity contribution in [2.75, 3.05) is 13.1 Å². The molecule has 2 aromatic rings. The Kier molecular flexibility index (Phi) is 5.02. The van der Waals surface area contributed by atoms with Crippen molar-refractivity contribution >= 4 is 17.7 Å². The average molecular weight is 371 g/mol. The van der Waals surface area contributed by atoms with Crippen LogP contribution in [-0.2, 0) is 4.79 Å². The first-order valence-corrected chi connectivity index (χ1v) is 10.5. The van der Waals surface area contributed by atoms with Crippen molar-refractivity contribution in [3.05, 3.63) is 41.7 Å². The van der Waals surface area contributed by atoms with Crippen LogP contribution in [-0.4, -0.2) is 38.7 Å². The molecule has 1 saturated carbocycles. The van der Waals surface area contributed by atoms with Crippen molar-refractivity contribution < 1.29 is 4.79 Å². The van der Waals surface area contributed by atoms with Crippen LogP contribution >= 0.6 is 11.8 Å². The first kappa shape index (κ1) is 17.6. The maximum atomic E-state index is 13.2. The Morgan fingerprint density at radius 1 is 1.12 bits per heavy atom. The molecule has 1 aromatic heterocycles. The molecule has 26 heavy (non-hydrogen) atoms. The number of hydrogen-bond donors (Lipinski definition) is 0. The van der Waals surface area contributed by atoms with Gasteiger partial charge in [-0.15, -0.1) is 10.2 Å². The van der Waals surface area contributed by atoms with Crippen LogP contribution in [0.15, 0.2) is 35.5 Å². The molecule has 0 bridgehead atoms. The summed E-state index contributed by atoms with van der Waals surface area (Å²) < 4.78 is 2.28. The van der Waals surface area contributed by atoms with E-state index in [1.54, 1.807) is 11.8 Å². The number of thioether (sulfide) groups is 1. The largest absolute Gasteiger partial charge is 0.341 e. The van der Waals surface area contributed by atoms with E-state index < -0.39 is 0 Å². The molecule has 0 N–H and O–H groups in total. The molecule has 1 saturated heterocycles. The molecule has 1 atom stereocenters. The molecule has 1 aliphatic carbocycles. The van der Waals surface area contributed by atoms with Gasteiger partial charge in [-0.1, -0.05) is 55.9 Å². The summed E-state index contributed by atoms with van der Waals surface area (Å²) >= 11 is 1.57. The van der Waals surface area contributed by atoms with Gasteiger partial charge in [-0.05, 0) is 31.2 Å². The molecule has 2 heterocycles. The predicted molar refractivity (Wildman–Crippen MR) is 103 cm³/mol. The van der Waals surface area contributed by atoms with Crippen molar-refractivity contribution in [2.45, 2.75) is 61.9 Å². The second-order valence-electron chi connectivity index (χ2n) is 7.54. The van der Waals surface area contributed by atoms with Crippen LogP contribution < -0.4 is 0 Å². The number of nitrogens with zero attached hydrogens (tertiary/aromatic N) is 4. The van der Waals surface area contributed by atoms with E-state index in [1.807, 2.05) is 35.2 Å². The third-order valence-corrected chi connectivity index (χ3v) is 6.29. The van der Waals surface area contributed by atoms with E-state index >= 15 is 0 Å². The molecule has 2 aliphatic rings. The Morgan fingerprint density at radius 2 is 1.81 bits per heavy atom. The summed E-state index contributed by atoms with van der Waals surface area (Å²) in [6, 6.07) is 10.6. The Bertz CT molecular complexity index is 763. The summed E-state index contributed by atoms with van der Waals surface area (Å²) in [5.74, 6) is 1.58. The van der Waals surface area contributed by atoms with Gasteiger partial charge in [-0.2, -0.15) is 0 Å². The molecule has 4 rings (SSSR count). The van der Waals surface area contributed by atoms with E-state index in [9.17, 15) is 4.79 Å². The number of benzene rings is 1. The lowest BCUT2D eigenvalue weighted by atomic mass is 10.1. The van der Waals surface area contributed by atoms with Crippen LogP contribution in [0, 0.1) is 0 Å². The average Bonchev–Trinajstić information content (AvgIpc) is 3.18. The highest BCUT2D eigenvalue weighted by atomic mass is 32.2. The molecule has 1 amide bonds. The number of rotatable bonds is 6. The van der Waals surface area contributed by atoms with Gasteiger partial charge in [-0.3, -0.25) is 4.79 Å². The van der Waals surface area contributed by atoms with Gasteiger partial charge in [0, 0.05) is 25.0 Å². The van der Waals surface area contributed by atoms with Crippen LogP contribution in [0.5, 0.6) is 0 Å². The van der Waals surface area contributed by atoms with Crippen LogP contribution in [0.2, 0.25) is 0 Å². The van der Waals surface area contributed by atoms with Gasteiger partial charge in [0.2, 0.25) is 5.91 Å². The number of carbonyl (C=O) groups excluding carboxylic acids is 1. The third kappa shape index (κ3) is 3.52. The van der Waals surface area contributed by atoms with Crippen molar-refractivity contribution in [3.8, 4) is 0 Å². The third-order valence-electron chi connectivity index (χ3n) is 5.09. The molecule has 6 heteroatoms. The second kappa shape index (κ2) is 7.43. The number of carbonyl (C=O) groups is 1. The van der Waals surface area contributed by atoms with Gasteiger partial charge in [0.05, 0.1) is 0 Å². The van der Waals surface area contributed by atoms with E-state index in [0.717, 1.165) is 42.5 Å². The Labute approximate surface area is 159 Å². The van der Waals surface area contributed by atoms with Crippen molar-refractivity contribution in [2.24, 2.45) is 0 Å². The standard InChI is InChI=1S/C20H26N4OS/c1-14(2)18-21-22-20(24(18)16-10-11-16)26-17(15-8-4-3-5-9-15)19(25)23-12-6-7-13-23/h3-5,8-9,14,16-17H,6-7,10-13H2,1-2H3. The van der Waals surface area contributed by atoms with Crippen LogP contribution in [0.3, 0.4) is 0 Å². The van der Waals surface area contributed by atoms with E-state index in [1.165, 1.54) is 12.8 Å². The highest BCUT2D eigenvalue weighted by Crippen LogP contribution is 2.44. The number of amides is 1. The maximum Gasteiger partial charge on any atom is 0.240 e. The summed E-state index contributed by atoms with van der Waals surface area (Å²) in [6.07, 6.45) is 4.57. The van der Waals surface area contributed by atoms with Crippen LogP contribution in [0.4, 0.5) is 0 Å². The fourth-order valence-electron chi connectivity index (χ4n) is 3.54. The first-order chi connectivity index (χ1) is 12.6. The van der Waals surface area contributed by atoms with E-state index in [0.29, 0.717) is 12.0 Å². The monoisotopic (exact) mass is 370 g/mol. The Morgan fingerprint density at radius 3 is 2.42 bits per heavy atom. The quantitative estimate of drug-likeness (QED) is 0.716. The molecule has 1 aromatic carbocycles. The zero-order chi connectivity index (χ0) is 18.1. The summed E-state index contributed by atoms with van der Waals surface area (Å²) in [5.41, 5.74) is 1.05. The minimum atomic E-state index is -0.254. The van der Waals surface area contributed by atoms with Crippen molar-refractivity contribution in [3.63, 3.8) is 0 Å². The zero-order valence-electron chi connectivity index (χ0n) is 15.5. The normalized spacial score (nSPS) is 18.5. The zero-order valence-corrected chi connectivity index (χ0v) is 16.3. The smallest absolute Gasteiger partial charge is 0.240 e. The van der Waals surface area contributed by atoms with Gasteiger partial charge in [0.1, 0.15) is 11.1 Å². The summed E-state index contributed by atoms with van der Waals surface area (Å²) in [7, 11) is 0.